The molecular formula is C15H23N3O. The van der Waals surface area contributed by atoms with Gasteiger partial charge < -0.3 is 16.4 Å². The number of amides is 1. The molecule has 0 spiro atoms. The first-order chi connectivity index (χ1) is 9.00. The van der Waals surface area contributed by atoms with Crippen LogP contribution in [0.25, 0.3) is 0 Å². The Kier molecular flexibility index (Phi) is 4.22. The number of aryl methyl sites for hydroxylation is 1. The summed E-state index contributed by atoms with van der Waals surface area (Å²) < 4.78 is 0. The van der Waals surface area contributed by atoms with Crippen LogP contribution in [0.2, 0.25) is 0 Å². The van der Waals surface area contributed by atoms with Gasteiger partial charge in [-0.2, -0.15) is 0 Å². The molecule has 4 N–H and O–H groups in total. The first-order valence-corrected chi connectivity index (χ1v) is 6.87. The average Bonchev–Trinajstić information content (AvgIpc) is 2.39. The quantitative estimate of drug-likeness (QED) is 0.751. The third-order valence-electron chi connectivity index (χ3n) is 3.59. The first-order valence-electron chi connectivity index (χ1n) is 6.87. The summed E-state index contributed by atoms with van der Waals surface area (Å²) in [6.45, 7) is 5.75. The molecule has 1 heterocycles. The zero-order valence-corrected chi connectivity index (χ0v) is 11.8. The molecule has 0 unspecified atom stereocenters. The molecule has 1 amide bonds. The Morgan fingerprint density at radius 1 is 1.37 bits per heavy atom. The topological polar surface area (TPSA) is 67.1 Å². The van der Waals surface area contributed by atoms with E-state index in [2.05, 4.69) is 36.6 Å². The van der Waals surface area contributed by atoms with Crippen LogP contribution in [0.5, 0.6) is 0 Å². The SMILES string of the molecule is CC(C)(CN)NCCc1ccc2c(c1)CCC(=O)N2. The molecule has 0 radical (unpaired) electrons. The van der Waals surface area contributed by atoms with Gasteiger partial charge in [0.15, 0.2) is 0 Å². The van der Waals surface area contributed by atoms with Crippen molar-refractivity contribution in [3.8, 4) is 0 Å². The summed E-state index contributed by atoms with van der Waals surface area (Å²) in [5.74, 6) is 0.117. The van der Waals surface area contributed by atoms with E-state index in [0.29, 0.717) is 13.0 Å². The smallest absolute Gasteiger partial charge is 0.224 e. The zero-order valence-electron chi connectivity index (χ0n) is 11.8. The second kappa shape index (κ2) is 5.72. The fourth-order valence-electron chi connectivity index (χ4n) is 2.21. The predicted molar refractivity (Wildman–Crippen MR) is 78.2 cm³/mol. The molecule has 1 aliphatic rings. The van der Waals surface area contributed by atoms with Gasteiger partial charge >= 0.3 is 0 Å². The summed E-state index contributed by atoms with van der Waals surface area (Å²) in [7, 11) is 0. The van der Waals surface area contributed by atoms with Crippen molar-refractivity contribution in [1.29, 1.82) is 0 Å². The highest BCUT2D eigenvalue weighted by Crippen LogP contribution is 2.23. The molecule has 0 atom stereocenters. The maximum Gasteiger partial charge on any atom is 0.224 e. The van der Waals surface area contributed by atoms with Gasteiger partial charge in [-0.3, -0.25) is 4.79 Å². The van der Waals surface area contributed by atoms with Crippen molar-refractivity contribution >= 4 is 11.6 Å². The van der Waals surface area contributed by atoms with E-state index in [9.17, 15) is 4.79 Å². The maximum atomic E-state index is 11.3. The van der Waals surface area contributed by atoms with Gasteiger partial charge in [-0.25, -0.2) is 0 Å². The minimum Gasteiger partial charge on any atom is -0.329 e. The molecule has 0 saturated carbocycles. The van der Waals surface area contributed by atoms with Crippen LogP contribution in [0.3, 0.4) is 0 Å². The van der Waals surface area contributed by atoms with E-state index in [4.69, 9.17) is 5.73 Å². The summed E-state index contributed by atoms with van der Waals surface area (Å²) in [4.78, 5) is 11.3. The van der Waals surface area contributed by atoms with Crippen LogP contribution in [-0.4, -0.2) is 24.5 Å². The fourth-order valence-corrected chi connectivity index (χ4v) is 2.21. The molecular weight excluding hydrogens is 238 g/mol. The van der Waals surface area contributed by atoms with E-state index in [1.807, 2.05) is 6.07 Å². The van der Waals surface area contributed by atoms with Crippen molar-refractivity contribution in [2.75, 3.05) is 18.4 Å². The summed E-state index contributed by atoms with van der Waals surface area (Å²) in [5.41, 5.74) is 9.19. The Morgan fingerprint density at radius 3 is 2.89 bits per heavy atom. The lowest BCUT2D eigenvalue weighted by Crippen LogP contribution is -2.46. The summed E-state index contributed by atoms with van der Waals surface area (Å²) >= 11 is 0. The number of rotatable bonds is 5. The van der Waals surface area contributed by atoms with E-state index in [1.54, 1.807) is 0 Å². The van der Waals surface area contributed by atoms with E-state index in [1.165, 1.54) is 11.1 Å². The Bertz CT molecular complexity index is 468. The molecule has 2 rings (SSSR count). The largest absolute Gasteiger partial charge is 0.329 e. The molecule has 104 valence electrons. The lowest BCUT2D eigenvalue weighted by Gasteiger charge is -2.24. The molecule has 0 aliphatic carbocycles. The molecule has 1 aromatic rings. The fraction of sp³-hybridized carbons (Fsp3) is 0.533. The van der Waals surface area contributed by atoms with Crippen LogP contribution in [-0.2, 0) is 17.6 Å². The van der Waals surface area contributed by atoms with Crippen LogP contribution in [0.1, 0.15) is 31.4 Å². The lowest BCUT2D eigenvalue weighted by molar-refractivity contribution is -0.116. The van der Waals surface area contributed by atoms with Gasteiger partial charge in [0.2, 0.25) is 5.91 Å². The number of anilines is 1. The highest BCUT2D eigenvalue weighted by Gasteiger charge is 2.16. The van der Waals surface area contributed by atoms with E-state index < -0.39 is 0 Å². The lowest BCUT2D eigenvalue weighted by atomic mass is 9.99. The number of nitrogens with one attached hydrogen (secondary N) is 2. The standard InChI is InChI=1S/C15H23N3O/c1-15(2,10-16)17-8-7-11-3-5-13-12(9-11)4-6-14(19)18-13/h3,5,9,17H,4,6-8,10,16H2,1-2H3,(H,18,19). The van der Waals surface area contributed by atoms with Gasteiger partial charge in [0.1, 0.15) is 0 Å². The van der Waals surface area contributed by atoms with Crippen LogP contribution < -0.4 is 16.4 Å². The number of nitrogens with two attached hydrogens (primary N) is 1. The van der Waals surface area contributed by atoms with Gasteiger partial charge in [-0.05, 0) is 50.4 Å². The van der Waals surface area contributed by atoms with E-state index in [0.717, 1.165) is 25.1 Å². The van der Waals surface area contributed by atoms with Gasteiger partial charge in [0.05, 0.1) is 0 Å². The Morgan fingerprint density at radius 2 is 2.16 bits per heavy atom. The second-order valence-electron chi connectivity index (χ2n) is 5.80. The second-order valence-corrected chi connectivity index (χ2v) is 5.80. The minimum absolute atomic E-state index is 0.0117. The predicted octanol–water partition coefficient (Wildman–Crippen LogP) is 1.44. The molecule has 0 saturated heterocycles. The Balaban J connectivity index is 1.94. The molecule has 19 heavy (non-hydrogen) atoms. The first kappa shape index (κ1) is 14.0. The zero-order chi connectivity index (χ0) is 13.9. The van der Waals surface area contributed by atoms with Crippen molar-refractivity contribution < 1.29 is 4.79 Å². The van der Waals surface area contributed by atoms with Crippen molar-refractivity contribution in [2.24, 2.45) is 5.73 Å². The van der Waals surface area contributed by atoms with Crippen LogP contribution in [0.4, 0.5) is 5.69 Å². The molecule has 0 aromatic heterocycles. The highest BCUT2D eigenvalue weighted by molar-refractivity contribution is 5.93. The van der Waals surface area contributed by atoms with Crippen LogP contribution in [0, 0.1) is 0 Å². The van der Waals surface area contributed by atoms with Crippen molar-refractivity contribution in [1.82, 2.24) is 5.32 Å². The van der Waals surface area contributed by atoms with E-state index >= 15 is 0 Å². The number of hydrogen-bond donors (Lipinski definition) is 3. The summed E-state index contributed by atoms with van der Waals surface area (Å²) in [5, 5.41) is 6.36. The van der Waals surface area contributed by atoms with Gasteiger partial charge in [0.25, 0.3) is 0 Å². The number of benzene rings is 1. The molecule has 4 nitrogen and oxygen atoms in total. The average molecular weight is 261 g/mol. The highest BCUT2D eigenvalue weighted by atomic mass is 16.1. The number of carbonyl (C=O) groups is 1. The maximum absolute atomic E-state index is 11.3. The molecule has 0 bridgehead atoms. The molecule has 4 heteroatoms. The van der Waals surface area contributed by atoms with Crippen LogP contribution >= 0.6 is 0 Å². The summed E-state index contributed by atoms with van der Waals surface area (Å²) in [6, 6.07) is 6.29. The number of carbonyl (C=O) groups excluding carboxylic acids is 1. The normalized spacial score (nSPS) is 15.0. The number of hydrogen-bond acceptors (Lipinski definition) is 3. The third kappa shape index (κ3) is 3.78. The summed E-state index contributed by atoms with van der Waals surface area (Å²) in [6.07, 6.45) is 2.41. The third-order valence-corrected chi connectivity index (χ3v) is 3.59. The Labute approximate surface area is 114 Å². The van der Waals surface area contributed by atoms with E-state index in [-0.39, 0.29) is 11.4 Å². The van der Waals surface area contributed by atoms with Gasteiger partial charge in [-0.1, -0.05) is 12.1 Å². The molecule has 1 aromatic carbocycles. The van der Waals surface area contributed by atoms with Crippen molar-refractivity contribution in [3.05, 3.63) is 29.3 Å². The Hall–Kier alpha value is -1.39. The van der Waals surface area contributed by atoms with Gasteiger partial charge in [0, 0.05) is 24.2 Å². The van der Waals surface area contributed by atoms with Crippen LogP contribution in [0.15, 0.2) is 18.2 Å². The van der Waals surface area contributed by atoms with Crippen molar-refractivity contribution in [3.63, 3.8) is 0 Å². The molecule has 0 fully saturated rings. The molecule has 1 aliphatic heterocycles. The minimum atomic E-state index is -0.0117. The number of fused-ring (bicyclic) bond motifs is 1. The van der Waals surface area contributed by atoms with Crippen molar-refractivity contribution in [2.45, 2.75) is 38.6 Å². The monoisotopic (exact) mass is 261 g/mol. The van der Waals surface area contributed by atoms with Gasteiger partial charge in [-0.15, -0.1) is 0 Å².